The minimum absolute atomic E-state index is 0.556. The van der Waals surface area contributed by atoms with Crippen LogP contribution >= 0.6 is 11.3 Å². The average Bonchev–Trinajstić information content (AvgIpc) is 3.50. The van der Waals surface area contributed by atoms with Gasteiger partial charge in [0.15, 0.2) is 11.5 Å². The topological polar surface area (TPSA) is 95.8 Å². The van der Waals surface area contributed by atoms with Gasteiger partial charge in [0.2, 0.25) is 10.9 Å². The molecule has 37 heavy (non-hydrogen) atoms. The number of benzene rings is 2. The molecule has 0 radical (unpaired) electrons. The molecule has 0 unspecified atom stereocenters. The van der Waals surface area contributed by atoms with Crippen molar-refractivity contribution in [2.45, 2.75) is 26.8 Å². The van der Waals surface area contributed by atoms with Gasteiger partial charge in [-0.05, 0) is 37.6 Å². The van der Waals surface area contributed by atoms with Crippen LogP contribution in [0.25, 0.3) is 22.4 Å². The van der Waals surface area contributed by atoms with E-state index in [1.807, 2.05) is 19.1 Å². The Hall–Kier alpha value is -3.57. The Labute approximate surface area is 220 Å². The number of ether oxygens (including phenoxy) is 4. The maximum atomic E-state index is 5.62. The van der Waals surface area contributed by atoms with Crippen molar-refractivity contribution in [3.63, 3.8) is 0 Å². The highest BCUT2D eigenvalue weighted by atomic mass is 32.1. The number of aromatic nitrogens is 4. The number of fused-ring (bicyclic) bond motifs is 1. The fraction of sp³-hybridized carbons (Fsp3) is 0.423. The van der Waals surface area contributed by atoms with Crippen LogP contribution in [0.1, 0.15) is 18.4 Å². The Balaban J connectivity index is 1.69. The molecule has 1 aliphatic heterocycles. The van der Waals surface area contributed by atoms with E-state index in [1.165, 1.54) is 11.3 Å². The van der Waals surface area contributed by atoms with Gasteiger partial charge in [0.25, 0.3) is 0 Å². The number of nitrogens with one attached hydrogen (secondary N) is 1. The number of methoxy groups -OCH3 is 3. The molecule has 196 valence electrons. The molecule has 0 bridgehead atoms. The maximum Gasteiger partial charge on any atom is 0.210 e. The van der Waals surface area contributed by atoms with Crippen molar-refractivity contribution in [3.05, 3.63) is 29.3 Å². The fourth-order valence-electron chi connectivity index (χ4n) is 4.67. The number of hydrogen-bond donors (Lipinski definition) is 1. The highest BCUT2D eigenvalue weighted by molar-refractivity contribution is 7.15. The lowest BCUT2D eigenvalue weighted by molar-refractivity contribution is 0.123. The van der Waals surface area contributed by atoms with Crippen molar-refractivity contribution in [1.82, 2.24) is 19.7 Å². The fourth-order valence-corrected chi connectivity index (χ4v) is 5.27. The molecule has 0 saturated carbocycles. The third-order valence-electron chi connectivity index (χ3n) is 6.36. The van der Waals surface area contributed by atoms with Crippen molar-refractivity contribution in [2.75, 3.05) is 57.8 Å². The summed E-state index contributed by atoms with van der Waals surface area (Å²) in [6, 6.07) is 8.22. The molecule has 0 amide bonds. The summed E-state index contributed by atoms with van der Waals surface area (Å²) in [5.41, 5.74) is 4.88. The molecule has 1 N–H and O–H groups in total. The third-order valence-corrected chi connectivity index (χ3v) is 7.11. The molecule has 1 aliphatic rings. The van der Waals surface area contributed by atoms with Gasteiger partial charge in [-0.15, -0.1) is 10.2 Å². The quantitative estimate of drug-likeness (QED) is 0.329. The van der Waals surface area contributed by atoms with Crippen LogP contribution in [0, 0.1) is 6.92 Å². The zero-order valence-corrected chi connectivity index (χ0v) is 22.6. The van der Waals surface area contributed by atoms with Gasteiger partial charge in [0.1, 0.15) is 10.8 Å². The number of anilines is 3. The monoisotopic (exact) mass is 524 g/mol. The van der Waals surface area contributed by atoms with Gasteiger partial charge in [0.05, 0.1) is 57.0 Å². The molecule has 0 aliphatic carbocycles. The number of nitrogens with zero attached hydrogens (tertiary/aromatic N) is 5. The second-order valence-electron chi connectivity index (χ2n) is 8.71. The first-order valence-corrected chi connectivity index (χ1v) is 13.1. The molecule has 3 heterocycles. The van der Waals surface area contributed by atoms with Gasteiger partial charge in [0, 0.05) is 25.2 Å². The van der Waals surface area contributed by atoms with Crippen LogP contribution in [0.2, 0.25) is 0 Å². The van der Waals surface area contributed by atoms with Gasteiger partial charge >= 0.3 is 0 Å². The van der Waals surface area contributed by atoms with E-state index in [0.717, 1.165) is 70.0 Å². The lowest BCUT2D eigenvalue weighted by Gasteiger charge is -2.30. The Bertz CT molecular complexity index is 1370. The number of rotatable bonds is 9. The van der Waals surface area contributed by atoms with Gasteiger partial charge in [-0.3, -0.25) is 0 Å². The summed E-state index contributed by atoms with van der Waals surface area (Å²) in [6.45, 7) is 7.95. The van der Waals surface area contributed by atoms with E-state index in [9.17, 15) is 0 Å². The van der Waals surface area contributed by atoms with E-state index in [2.05, 4.69) is 44.0 Å². The molecule has 10 nitrogen and oxygen atoms in total. The van der Waals surface area contributed by atoms with Crippen molar-refractivity contribution in [2.24, 2.45) is 0 Å². The normalized spacial score (nSPS) is 13.7. The summed E-state index contributed by atoms with van der Waals surface area (Å²) in [4.78, 5) is 7.45. The number of hydrogen-bond acceptors (Lipinski definition) is 10. The smallest absolute Gasteiger partial charge is 0.210 e. The molecule has 4 aromatic rings. The molecule has 2 aromatic carbocycles. The summed E-state index contributed by atoms with van der Waals surface area (Å²) < 4.78 is 24.7. The first-order chi connectivity index (χ1) is 18.1. The van der Waals surface area contributed by atoms with Crippen LogP contribution in [0.5, 0.6) is 17.2 Å². The standard InChI is InChI=1S/C26H32N6O4S/c1-6-7-32-21-15-20(31-8-10-36-11-9-31)18(28-26-30-29-16(2)37-26)14-19(21)27-25(32)17-12-22(33-3)24(35-5)23(13-17)34-4/h12-15H,6-11H2,1-5H3,(H,28,30). The summed E-state index contributed by atoms with van der Waals surface area (Å²) in [5, 5.41) is 13.6. The molecule has 11 heteroatoms. The largest absolute Gasteiger partial charge is 0.493 e. The number of morpholine rings is 1. The van der Waals surface area contributed by atoms with E-state index in [-0.39, 0.29) is 0 Å². The number of aryl methyl sites for hydroxylation is 2. The van der Waals surface area contributed by atoms with E-state index < -0.39 is 0 Å². The summed E-state index contributed by atoms with van der Waals surface area (Å²) in [6.07, 6.45) is 0.958. The molecule has 0 atom stereocenters. The van der Waals surface area contributed by atoms with Crippen LogP contribution in [0.3, 0.4) is 0 Å². The van der Waals surface area contributed by atoms with Crippen LogP contribution in [-0.2, 0) is 11.3 Å². The second-order valence-corrected chi connectivity index (χ2v) is 9.89. The maximum absolute atomic E-state index is 5.62. The molecular formula is C26H32N6O4S. The minimum Gasteiger partial charge on any atom is -0.493 e. The second kappa shape index (κ2) is 10.8. The van der Waals surface area contributed by atoms with E-state index in [4.69, 9.17) is 23.9 Å². The highest BCUT2D eigenvalue weighted by Gasteiger charge is 2.22. The van der Waals surface area contributed by atoms with Crippen LogP contribution < -0.4 is 24.4 Å². The molecule has 1 fully saturated rings. The highest BCUT2D eigenvalue weighted by Crippen LogP contribution is 2.42. The van der Waals surface area contributed by atoms with E-state index in [1.54, 1.807) is 21.3 Å². The van der Waals surface area contributed by atoms with Gasteiger partial charge in [-0.25, -0.2) is 4.98 Å². The van der Waals surface area contributed by atoms with Crippen molar-refractivity contribution >= 4 is 38.9 Å². The van der Waals surface area contributed by atoms with Gasteiger partial charge < -0.3 is 33.7 Å². The average molecular weight is 525 g/mol. The molecule has 0 spiro atoms. The van der Waals surface area contributed by atoms with Crippen LogP contribution in [0.4, 0.5) is 16.5 Å². The van der Waals surface area contributed by atoms with E-state index in [0.29, 0.717) is 30.5 Å². The Morgan fingerprint density at radius 3 is 2.32 bits per heavy atom. The van der Waals surface area contributed by atoms with Crippen molar-refractivity contribution in [1.29, 1.82) is 0 Å². The SMILES string of the molecule is CCCn1c(-c2cc(OC)c(OC)c(OC)c2)nc2cc(Nc3nnc(C)s3)c(N3CCOCC3)cc21. The zero-order chi connectivity index (χ0) is 25.9. The number of imidazole rings is 1. The Morgan fingerprint density at radius 1 is 1.00 bits per heavy atom. The Morgan fingerprint density at radius 2 is 1.73 bits per heavy atom. The van der Waals surface area contributed by atoms with Crippen LogP contribution in [0.15, 0.2) is 24.3 Å². The molecular weight excluding hydrogens is 492 g/mol. The predicted octanol–water partition coefficient (Wildman–Crippen LogP) is 4.88. The summed E-state index contributed by atoms with van der Waals surface area (Å²) in [7, 11) is 4.85. The van der Waals surface area contributed by atoms with Crippen LogP contribution in [-0.4, -0.2) is 67.4 Å². The third kappa shape index (κ3) is 4.88. The molecule has 5 rings (SSSR count). The first kappa shape index (κ1) is 25.1. The lowest BCUT2D eigenvalue weighted by atomic mass is 10.1. The zero-order valence-electron chi connectivity index (χ0n) is 21.8. The van der Waals surface area contributed by atoms with Gasteiger partial charge in [-0.2, -0.15) is 0 Å². The summed E-state index contributed by atoms with van der Waals surface area (Å²) in [5.74, 6) is 2.58. The minimum atomic E-state index is 0.556. The molecule has 2 aromatic heterocycles. The summed E-state index contributed by atoms with van der Waals surface area (Å²) >= 11 is 1.53. The first-order valence-electron chi connectivity index (χ1n) is 12.3. The molecule has 1 saturated heterocycles. The van der Waals surface area contributed by atoms with Crippen molar-refractivity contribution < 1.29 is 18.9 Å². The van der Waals surface area contributed by atoms with Gasteiger partial charge in [-0.1, -0.05) is 18.3 Å². The predicted molar refractivity (Wildman–Crippen MR) is 146 cm³/mol. The van der Waals surface area contributed by atoms with Crippen molar-refractivity contribution in [3.8, 4) is 28.6 Å². The lowest BCUT2D eigenvalue weighted by Crippen LogP contribution is -2.36. The Kier molecular flexibility index (Phi) is 7.33. The van der Waals surface area contributed by atoms with E-state index >= 15 is 0 Å².